The van der Waals surface area contributed by atoms with Crippen LogP contribution in [0.2, 0.25) is 0 Å². The number of carbonyl (C=O) groups is 1. The van der Waals surface area contributed by atoms with Crippen molar-refractivity contribution in [3.8, 4) is 16.9 Å². The zero-order valence-electron chi connectivity index (χ0n) is 13.3. The molecule has 3 aromatic rings. The minimum atomic E-state index is -3.61. The molecule has 7 heteroatoms. The van der Waals surface area contributed by atoms with Gasteiger partial charge in [0, 0.05) is 11.1 Å². The van der Waals surface area contributed by atoms with Crippen molar-refractivity contribution in [2.45, 2.75) is 17.6 Å². The number of carboxylic acids is 1. The van der Waals surface area contributed by atoms with Crippen molar-refractivity contribution in [3.63, 3.8) is 0 Å². The lowest BCUT2D eigenvalue weighted by Gasteiger charge is -2.19. The van der Waals surface area contributed by atoms with Crippen LogP contribution in [0.5, 0.6) is 0 Å². The van der Waals surface area contributed by atoms with Crippen molar-refractivity contribution in [2.24, 2.45) is 0 Å². The Bertz CT molecular complexity index is 1130. The minimum absolute atomic E-state index is 0.202. The van der Waals surface area contributed by atoms with Gasteiger partial charge in [-0.3, -0.25) is 0 Å². The van der Waals surface area contributed by atoms with E-state index in [0.717, 1.165) is 5.56 Å². The second kappa shape index (κ2) is 5.29. The molecule has 1 N–H and O–H groups in total. The first-order chi connectivity index (χ1) is 11.9. The molecule has 0 saturated carbocycles. The Kier molecular flexibility index (Phi) is 3.30. The van der Waals surface area contributed by atoms with Crippen molar-refractivity contribution >= 4 is 15.8 Å². The molecular formula is C18H14N2O4S. The monoisotopic (exact) mass is 354 g/mol. The SMILES string of the molecule is Cc1cccc(-n2nc(C(=O)O)c3c2-c2ccccc2S(=O)(=O)C3)c1. The topological polar surface area (TPSA) is 89.3 Å². The molecule has 1 aromatic heterocycles. The van der Waals surface area contributed by atoms with E-state index >= 15 is 0 Å². The summed E-state index contributed by atoms with van der Waals surface area (Å²) in [6.07, 6.45) is 0. The van der Waals surface area contributed by atoms with Crippen LogP contribution in [0.1, 0.15) is 21.6 Å². The lowest BCUT2D eigenvalue weighted by molar-refractivity contribution is 0.0689. The van der Waals surface area contributed by atoms with Gasteiger partial charge in [0.25, 0.3) is 0 Å². The van der Waals surface area contributed by atoms with E-state index in [1.54, 1.807) is 24.3 Å². The molecule has 2 aromatic carbocycles. The zero-order valence-corrected chi connectivity index (χ0v) is 14.1. The van der Waals surface area contributed by atoms with E-state index in [4.69, 9.17) is 0 Å². The van der Waals surface area contributed by atoms with Crippen LogP contribution >= 0.6 is 0 Å². The van der Waals surface area contributed by atoms with Crippen LogP contribution < -0.4 is 0 Å². The van der Waals surface area contributed by atoms with E-state index < -0.39 is 15.8 Å². The molecule has 1 aliphatic rings. The number of sulfone groups is 1. The minimum Gasteiger partial charge on any atom is -0.476 e. The van der Waals surface area contributed by atoms with Crippen LogP contribution in [-0.2, 0) is 15.6 Å². The first-order valence-corrected chi connectivity index (χ1v) is 9.28. The number of hydrogen-bond donors (Lipinski definition) is 1. The number of hydrogen-bond acceptors (Lipinski definition) is 4. The summed E-state index contributed by atoms with van der Waals surface area (Å²) in [6.45, 7) is 1.93. The molecule has 0 unspecified atom stereocenters. The van der Waals surface area contributed by atoms with Gasteiger partial charge in [-0.1, -0.05) is 30.3 Å². The maximum atomic E-state index is 12.6. The lowest BCUT2D eigenvalue weighted by atomic mass is 10.1. The van der Waals surface area contributed by atoms with Gasteiger partial charge in [0.15, 0.2) is 15.5 Å². The molecule has 0 aliphatic carbocycles. The van der Waals surface area contributed by atoms with Gasteiger partial charge in [0.1, 0.15) is 0 Å². The van der Waals surface area contributed by atoms with Gasteiger partial charge in [-0.25, -0.2) is 17.9 Å². The number of carboxylic acid groups (broad SMARTS) is 1. The maximum absolute atomic E-state index is 12.6. The van der Waals surface area contributed by atoms with E-state index in [1.807, 2.05) is 31.2 Å². The number of nitrogens with zero attached hydrogens (tertiary/aromatic N) is 2. The lowest BCUT2D eigenvalue weighted by Crippen LogP contribution is -2.15. The van der Waals surface area contributed by atoms with Crippen LogP contribution in [0.15, 0.2) is 53.4 Å². The van der Waals surface area contributed by atoms with Crippen molar-refractivity contribution in [2.75, 3.05) is 0 Å². The van der Waals surface area contributed by atoms with Gasteiger partial charge < -0.3 is 5.11 Å². The first kappa shape index (κ1) is 15.6. The van der Waals surface area contributed by atoms with Crippen LogP contribution in [0.4, 0.5) is 0 Å². The van der Waals surface area contributed by atoms with Gasteiger partial charge in [0.2, 0.25) is 0 Å². The molecule has 0 saturated heterocycles. The highest BCUT2D eigenvalue weighted by Crippen LogP contribution is 2.40. The Labute approximate surface area is 144 Å². The van der Waals surface area contributed by atoms with Crippen LogP contribution in [0.3, 0.4) is 0 Å². The molecule has 0 amide bonds. The molecule has 0 radical (unpaired) electrons. The predicted octanol–water partition coefficient (Wildman–Crippen LogP) is 2.83. The summed E-state index contributed by atoms with van der Waals surface area (Å²) in [5.74, 6) is -1.61. The molecular weight excluding hydrogens is 340 g/mol. The summed E-state index contributed by atoms with van der Waals surface area (Å²) in [5.41, 5.74) is 2.69. The first-order valence-electron chi connectivity index (χ1n) is 7.63. The smallest absolute Gasteiger partial charge is 0.356 e. The Morgan fingerprint density at radius 1 is 1.16 bits per heavy atom. The molecule has 0 spiro atoms. The van der Waals surface area contributed by atoms with Crippen molar-refractivity contribution in [1.82, 2.24) is 9.78 Å². The van der Waals surface area contributed by atoms with Crippen molar-refractivity contribution < 1.29 is 18.3 Å². The summed E-state index contributed by atoms with van der Waals surface area (Å²) in [7, 11) is -3.61. The molecule has 126 valence electrons. The summed E-state index contributed by atoms with van der Waals surface area (Å²) >= 11 is 0. The van der Waals surface area contributed by atoms with Crippen LogP contribution in [0, 0.1) is 6.92 Å². The molecule has 0 bridgehead atoms. The largest absolute Gasteiger partial charge is 0.476 e. The molecule has 4 rings (SSSR count). The molecule has 1 aliphatic heterocycles. The third-order valence-electron chi connectivity index (χ3n) is 4.24. The molecule has 0 fully saturated rings. The van der Waals surface area contributed by atoms with Gasteiger partial charge in [0.05, 0.1) is 22.0 Å². The summed E-state index contributed by atoms with van der Waals surface area (Å²) in [4.78, 5) is 11.8. The van der Waals surface area contributed by atoms with Crippen molar-refractivity contribution in [3.05, 3.63) is 65.4 Å². The molecule has 25 heavy (non-hydrogen) atoms. The summed E-state index contributed by atoms with van der Waals surface area (Å²) < 4.78 is 26.7. The second-order valence-corrected chi connectivity index (χ2v) is 7.94. The fourth-order valence-electron chi connectivity index (χ4n) is 3.18. The van der Waals surface area contributed by atoms with E-state index in [0.29, 0.717) is 16.9 Å². The molecule has 6 nitrogen and oxygen atoms in total. The van der Waals surface area contributed by atoms with E-state index in [1.165, 1.54) is 4.68 Å². The number of fused-ring (bicyclic) bond motifs is 3. The van der Waals surface area contributed by atoms with Gasteiger partial charge in [-0.05, 0) is 30.7 Å². The van der Waals surface area contributed by atoms with Crippen LogP contribution in [0.25, 0.3) is 16.9 Å². The fourth-order valence-corrected chi connectivity index (χ4v) is 4.78. The fraction of sp³-hybridized carbons (Fsp3) is 0.111. The predicted molar refractivity (Wildman–Crippen MR) is 91.6 cm³/mol. The van der Waals surface area contributed by atoms with Gasteiger partial charge in [-0.2, -0.15) is 5.10 Å². The highest BCUT2D eigenvalue weighted by Gasteiger charge is 2.35. The van der Waals surface area contributed by atoms with E-state index in [-0.39, 0.29) is 21.9 Å². The standard InChI is InChI=1S/C18H14N2O4S/c1-11-5-4-6-12(9-11)20-17-13-7-2-3-8-15(13)25(23,24)10-14(17)16(19-20)18(21)22/h2-9H,10H2,1H3,(H,21,22). The van der Waals surface area contributed by atoms with Gasteiger partial charge >= 0.3 is 5.97 Å². The second-order valence-electron chi connectivity index (χ2n) is 5.99. The Morgan fingerprint density at radius 3 is 2.64 bits per heavy atom. The van der Waals surface area contributed by atoms with Crippen LogP contribution in [-0.4, -0.2) is 29.3 Å². The Balaban J connectivity index is 2.11. The molecule has 0 atom stereocenters. The van der Waals surface area contributed by atoms with Gasteiger partial charge in [-0.15, -0.1) is 0 Å². The number of aryl methyl sites for hydroxylation is 1. The number of rotatable bonds is 2. The number of aromatic nitrogens is 2. The zero-order chi connectivity index (χ0) is 17.8. The maximum Gasteiger partial charge on any atom is 0.356 e. The quantitative estimate of drug-likeness (QED) is 0.764. The number of benzene rings is 2. The molecule has 2 heterocycles. The Hall–Kier alpha value is -2.93. The average Bonchev–Trinajstić information content (AvgIpc) is 2.94. The highest BCUT2D eigenvalue weighted by molar-refractivity contribution is 7.90. The third-order valence-corrected chi connectivity index (χ3v) is 5.94. The normalized spacial score (nSPS) is 14.6. The third kappa shape index (κ3) is 2.35. The van der Waals surface area contributed by atoms with E-state index in [9.17, 15) is 18.3 Å². The number of aromatic carboxylic acids is 1. The summed E-state index contributed by atoms with van der Waals surface area (Å²) in [5, 5.41) is 13.7. The highest BCUT2D eigenvalue weighted by atomic mass is 32.2. The summed E-state index contributed by atoms with van der Waals surface area (Å²) in [6, 6.07) is 14.1. The Morgan fingerprint density at radius 2 is 1.92 bits per heavy atom. The van der Waals surface area contributed by atoms with Crippen molar-refractivity contribution in [1.29, 1.82) is 0 Å². The van der Waals surface area contributed by atoms with E-state index in [2.05, 4.69) is 5.10 Å². The average molecular weight is 354 g/mol.